The van der Waals surface area contributed by atoms with E-state index in [1.165, 1.54) is 24.7 Å². The lowest BCUT2D eigenvalue weighted by Crippen LogP contribution is -3.17. The monoisotopic (exact) mass is 289 g/mol. The molecule has 4 nitrogen and oxygen atoms in total. The number of anilines is 1. The summed E-state index contributed by atoms with van der Waals surface area (Å²) in [4.78, 5) is 24.9. The van der Waals surface area contributed by atoms with Crippen LogP contribution in [-0.4, -0.2) is 30.8 Å². The molecule has 1 saturated heterocycles. The Kier molecular flexibility index (Phi) is 5.12. The highest BCUT2D eigenvalue weighted by Crippen LogP contribution is 2.11. The van der Waals surface area contributed by atoms with Gasteiger partial charge in [-0.2, -0.15) is 0 Å². The van der Waals surface area contributed by atoms with E-state index in [0.717, 1.165) is 24.7 Å². The number of hydrogen-bond donors (Lipinski definition) is 2. The quantitative estimate of drug-likeness (QED) is 0.826. The third-order valence-electron chi connectivity index (χ3n) is 4.48. The molecule has 1 aliphatic heterocycles. The van der Waals surface area contributed by atoms with E-state index in [9.17, 15) is 9.59 Å². The van der Waals surface area contributed by atoms with Gasteiger partial charge < -0.3 is 10.2 Å². The van der Waals surface area contributed by atoms with Gasteiger partial charge in [0.1, 0.15) is 0 Å². The second-order valence-corrected chi connectivity index (χ2v) is 6.19. The van der Waals surface area contributed by atoms with Gasteiger partial charge in [0, 0.05) is 11.3 Å². The molecule has 0 spiro atoms. The van der Waals surface area contributed by atoms with Crippen molar-refractivity contribution in [3.8, 4) is 0 Å². The number of rotatable bonds is 4. The molecule has 2 N–H and O–H groups in total. The van der Waals surface area contributed by atoms with Crippen molar-refractivity contribution < 1.29 is 14.5 Å². The molecule has 1 aliphatic rings. The Labute approximate surface area is 126 Å². The summed E-state index contributed by atoms with van der Waals surface area (Å²) in [5.41, 5.74) is 1.42. The lowest BCUT2D eigenvalue weighted by atomic mass is 9.98. The second kappa shape index (κ2) is 6.85. The number of benzene rings is 1. The Morgan fingerprint density at radius 1 is 1.19 bits per heavy atom. The van der Waals surface area contributed by atoms with Gasteiger partial charge in [-0.3, -0.25) is 9.59 Å². The summed E-state index contributed by atoms with van der Waals surface area (Å²) >= 11 is 0. The molecule has 1 aromatic rings. The van der Waals surface area contributed by atoms with Gasteiger partial charge in [-0.05, 0) is 56.9 Å². The molecule has 0 radical (unpaired) electrons. The smallest absolute Gasteiger partial charge is 0.282 e. The predicted molar refractivity (Wildman–Crippen MR) is 83.6 cm³/mol. The van der Waals surface area contributed by atoms with E-state index in [4.69, 9.17) is 0 Å². The zero-order valence-electron chi connectivity index (χ0n) is 13.1. The number of carbonyl (C=O) groups is 2. The number of Topliss-reactive ketones (excluding diaryl/α,β-unsaturated/α-hetero) is 1. The van der Waals surface area contributed by atoms with Crippen LogP contribution in [0.4, 0.5) is 5.69 Å². The summed E-state index contributed by atoms with van der Waals surface area (Å²) in [6, 6.07) is 7.03. The van der Waals surface area contributed by atoms with E-state index in [-0.39, 0.29) is 17.7 Å². The number of carbonyl (C=O) groups excluding carboxylic acids is 2. The summed E-state index contributed by atoms with van der Waals surface area (Å²) in [5, 5.41) is 2.95. The molecule has 4 heteroatoms. The minimum Gasteiger partial charge on any atom is -0.325 e. The number of quaternary nitrogens is 1. The molecule has 0 aliphatic carbocycles. The highest BCUT2D eigenvalue weighted by Gasteiger charge is 2.28. The van der Waals surface area contributed by atoms with E-state index in [1.807, 2.05) is 6.92 Å². The first-order valence-electron chi connectivity index (χ1n) is 7.74. The maximum Gasteiger partial charge on any atom is 0.282 e. The number of likely N-dealkylation sites (tertiary alicyclic amines) is 1. The third kappa shape index (κ3) is 4.14. The molecule has 1 heterocycles. The molecule has 21 heavy (non-hydrogen) atoms. The van der Waals surface area contributed by atoms with Crippen LogP contribution in [0.25, 0.3) is 0 Å². The fraction of sp³-hybridized carbons (Fsp3) is 0.529. The highest BCUT2D eigenvalue weighted by atomic mass is 16.2. The molecular weight excluding hydrogens is 264 g/mol. The van der Waals surface area contributed by atoms with E-state index in [1.54, 1.807) is 24.3 Å². The Hall–Kier alpha value is -1.68. The van der Waals surface area contributed by atoms with E-state index >= 15 is 0 Å². The van der Waals surface area contributed by atoms with Crippen molar-refractivity contribution >= 4 is 17.4 Å². The van der Waals surface area contributed by atoms with Gasteiger partial charge in [-0.1, -0.05) is 6.92 Å². The number of nitrogens with one attached hydrogen (secondary N) is 2. The third-order valence-corrected chi connectivity index (χ3v) is 4.48. The molecule has 0 aromatic heterocycles. The molecule has 1 aromatic carbocycles. The first-order valence-corrected chi connectivity index (χ1v) is 7.74. The zero-order valence-corrected chi connectivity index (χ0v) is 13.1. The van der Waals surface area contributed by atoms with Crippen LogP contribution in [0, 0.1) is 5.92 Å². The average molecular weight is 289 g/mol. The molecule has 114 valence electrons. The molecular formula is C17H25N2O2+. The van der Waals surface area contributed by atoms with E-state index in [2.05, 4.69) is 12.2 Å². The summed E-state index contributed by atoms with van der Waals surface area (Å²) < 4.78 is 0. The van der Waals surface area contributed by atoms with Crippen LogP contribution >= 0.6 is 0 Å². The van der Waals surface area contributed by atoms with Crippen LogP contribution in [0.2, 0.25) is 0 Å². The first kappa shape index (κ1) is 15.7. The minimum atomic E-state index is -0.0371. The van der Waals surface area contributed by atoms with Gasteiger partial charge in [0.25, 0.3) is 5.91 Å². The van der Waals surface area contributed by atoms with Crippen LogP contribution in [0.3, 0.4) is 0 Å². The van der Waals surface area contributed by atoms with Crippen molar-refractivity contribution in [1.82, 2.24) is 0 Å². The summed E-state index contributed by atoms with van der Waals surface area (Å²) in [5.74, 6) is 0.867. The average Bonchev–Trinajstić information content (AvgIpc) is 2.47. The SMILES string of the molecule is CC(=O)c1ccc(NC(=O)[C@@H](C)[NH+]2CCC(C)CC2)cc1. The number of amides is 1. The summed E-state index contributed by atoms with van der Waals surface area (Å²) in [7, 11) is 0. The van der Waals surface area contributed by atoms with Crippen LogP contribution in [0.1, 0.15) is 44.0 Å². The zero-order chi connectivity index (χ0) is 15.4. The Balaban J connectivity index is 1.92. The van der Waals surface area contributed by atoms with Crippen molar-refractivity contribution in [3.05, 3.63) is 29.8 Å². The second-order valence-electron chi connectivity index (χ2n) is 6.19. The fourth-order valence-corrected chi connectivity index (χ4v) is 2.79. The Bertz CT molecular complexity index is 502. The normalized spacial score (nSPS) is 23.4. The minimum absolute atomic E-state index is 0.0353. The Morgan fingerprint density at radius 3 is 2.29 bits per heavy atom. The summed E-state index contributed by atoms with van der Waals surface area (Å²) in [6.07, 6.45) is 2.39. The highest BCUT2D eigenvalue weighted by molar-refractivity contribution is 5.96. The maximum absolute atomic E-state index is 12.3. The number of ketones is 1. The van der Waals surface area contributed by atoms with Gasteiger partial charge in [-0.15, -0.1) is 0 Å². The van der Waals surface area contributed by atoms with E-state index < -0.39 is 0 Å². The summed E-state index contributed by atoms with van der Waals surface area (Å²) in [6.45, 7) is 7.94. The predicted octanol–water partition coefficient (Wildman–Crippen LogP) is 1.53. The fourth-order valence-electron chi connectivity index (χ4n) is 2.79. The molecule has 2 rings (SSSR count). The van der Waals surface area contributed by atoms with E-state index in [0.29, 0.717) is 5.56 Å². The Morgan fingerprint density at radius 2 is 1.76 bits per heavy atom. The van der Waals surface area contributed by atoms with Gasteiger partial charge in [0.2, 0.25) is 0 Å². The topological polar surface area (TPSA) is 50.6 Å². The number of hydrogen-bond acceptors (Lipinski definition) is 2. The van der Waals surface area contributed by atoms with Crippen molar-refractivity contribution in [1.29, 1.82) is 0 Å². The van der Waals surface area contributed by atoms with Gasteiger partial charge in [0.15, 0.2) is 11.8 Å². The van der Waals surface area contributed by atoms with Crippen molar-refractivity contribution in [2.24, 2.45) is 5.92 Å². The lowest BCUT2D eigenvalue weighted by molar-refractivity contribution is -0.919. The van der Waals surface area contributed by atoms with Crippen LogP contribution in [0.5, 0.6) is 0 Å². The number of piperidine rings is 1. The molecule has 0 saturated carbocycles. The maximum atomic E-state index is 12.3. The molecule has 0 unspecified atom stereocenters. The molecule has 1 atom stereocenters. The largest absolute Gasteiger partial charge is 0.325 e. The van der Waals surface area contributed by atoms with Gasteiger partial charge >= 0.3 is 0 Å². The van der Waals surface area contributed by atoms with Crippen LogP contribution < -0.4 is 10.2 Å². The molecule has 1 fully saturated rings. The molecule has 1 amide bonds. The van der Waals surface area contributed by atoms with Gasteiger partial charge in [-0.25, -0.2) is 0 Å². The first-order chi connectivity index (χ1) is 9.97. The van der Waals surface area contributed by atoms with Crippen LogP contribution in [0.15, 0.2) is 24.3 Å². The standard InChI is InChI=1S/C17H24N2O2/c1-12-8-10-19(11-9-12)13(2)17(21)18-16-6-4-15(5-7-16)14(3)20/h4-7,12-13H,8-11H2,1-3H3,(H,18,21)/p+1/t13-/m1/s1. The van der Waals surface area contributed by atoms with Crippen molar-refractivity contribution in [3.63, 3.8) is 0 Å². The van der Waals surface area contributed by atoms with Crippen molar-refractivity contribution in [2.45, 2.75) is 39.7 Å². The van der Waals surface area contributed by atoms with Crippen molar-refractivity contribution in [2.75, 3.05) is 18.4 Å². The lowest BCUT2D eigenvalue weighted by Gasteiger charge is -2.31. The molecule has 0 bridgehead atoms. The van der Waals surface area contributed by atoms with Gasteiger partial charge in [0.05, 0.1) is 13.1 Å². The van der Waals surface area contributed by atoms with Crippen LogP contribution in [-0.2, 0) is 4.79 Å².